The van der Waals surface area contributed by atoms with Gasteiger partial charge in [0.25, 0.3) is 0 Å². The first-order valence-electron chi connectivity index (χ1n) is 9.89. The molecule has 2 heterocycles. The number of hydrogen-bond donors (Lipinski definition) is 1. The van der Waals surface area contributed by atoms with Crippen molar-refractivity contribution in [2.24, 2.45) is 0 Å². The van der Waals surface area contributed by atoms with Crippen LogP contribution in [-0.4, -0.2) is 14.8 Å². The zero-order valence-electron chi connectivity index (χ0n) is 16.8. The molecule has 152 valence electrons. The Labute approximate surface area is 183 Å². The maximum atomic E-state index is 13.5. The van der Waals surface area contributed by atoms with E-state index in [-0.39, 0.29) is 11.7 Å². The fourth-order valence-corrected chi connectivity index (χ4v) is 4.12. The number of nitrogens with zero attached hydrogens (tertiary/aromatic N) is 3. The van der Waals surface area contributed by atoms with E-state index in [1.165, 1.54) is 12.1 Å². The molecule has 0 amide bonds. The summed E-state index contributed by atoms with van der Waals surface area (Å²) in [4.78, 5) is 4.44. The average molecular weight is 465 g/mol. The van der Waals surface area contributed by atoms with Crippen molar-refractivity contribution < 1.29 is 4.39 Å². The molecule has 4 aromatic rings. The van der Waals surface area contributed by atoms with Crippen molar-refractivity contribution in [3.8, 4) is 16.9 Å². The minimum Gasteiger partial charge on any atom is -0.340 e. The lowest BCUT2D eigenvalue weighted by Crippen LogP contribution is -2.03. The van der Waals surface area contributed by atoms with E-state index in [0.717, 1.165) is 45.0 Å². The van der Waals surface area contributed by atoms with Crippen LogP contribution in [0.4, 0.5) is 15.9 Å². The van der Waals surface area contributed by atoms with Crippen LogP contribution in [0, 0.1) is 5.82 Å². The molecule has 0 saturated heterocycles. The summed E-state index contributed by atoms with van der Waals surface area (Å²) in [6.45, 7) is 4.29. The molecule has 2 aromatic carbocycles. The van der Waals surface area contributed by atoms with Gasteiger partial charge in [-0.3, -0.25) is 0 Å². The number of nitrogens with one attached hydrogen (secondary N) is 1. The Hall–Kier alpha value is -2.99. The van der Waals surface area contributed by atoms with Crippen LogP contribution in [0.3, 0.4) is 0 Å². The van der Waals surface area contributed by atoms with Gasteiger partial charge in [-0.15, -0.1) is 0 Å². The molecule has 0 radical (unpaired) electrons. The first-order valence-corrected chi connectivity index (χ1v) is 10.7. The molecule has 0 aliphatic rings. The minimum atomic E-state index is -0.263. The first-order chi connectivity index (χ1) is 14.6. The van der Waals surface area contributed by atoms with E-state index in [1.54, 1.807) is 18.3 Å². The van der Waals surface area contributed by atoms with Gasteiger partial charge in [-0.25, -0.2) is 14.1 Å². The van der Waals surface area contributed by atoms with Crippen LogP contribution >= 0.6 is 15.9 Å². The Bertz CT molecular complexity index is 1140. The van der Waals surface area contributed by atoms with E-state index in [4.69, 9.17) is 5.10 Å². The van der Waals surface area contributed by atoms with Crippen LogP contribution in [0.2, 0.25) is 0 Å². The van der Waals surface area contributed by atoms with Crippen molar-refractivity contribution >= 4 is 27.4 Å². The van der Waals surface area contributed by atoms with Gasteiger partial charge in [0.2, 0.25) is 0 Å². The lowest BCUT2D eigenvalue weighted by molar-refractivity contribution is 0.628. The van der Waals surface area contributed by atoms with Gasteiger partial charge in [0.1, 0.15) is 11.6 Å². The molecule has 1 N–H and O–H groups in total. The second-order valence-electron chi connectivity index (χ2n) is 7.17. The Kier molecular flexibility index (Phi) is 5.95. The summed E-state index contributed by atoms with van der Waals surface area (Å²) in [6, 6.07) is 20.3. The zero-order valence-corrected chi connectivity index (χ0v) is 18.4. The second kappa shape index (κ2) is 8.79. The van der Waals surface area contributed by atoms with Gasteiger partial charge < -0.3 is 5.32 Å². The van der Waals surface area contributed by atoms with Gasteiger partial charge in [-0.2, -0.15) is 5.10 Å². The highest BCUT2D eigenvalue weighted by Gasteiger charge is 2.22. The summed E-state index contributed by atoms with van der Waals surface area (Å²) in [7, 11) is 0. The Balaban J connectivity index is 1.81. The molecule has 2 aromatic heterocycles. The standard InChI is InChI=1S/C24H22BrFN4/c1-3-16(2)23-22(25)24(17-9-11-18(26)12-10-17)30(29-23)20-13-14-27-21(15-20)28-19-7-5-4-6-8-19/h4-16H,3H2,1-2H3,(H,27,28). The Morgan fingerprint density at radius 2 is 1.80 bits per heavy atom. The molecule has 4 rings (SSSR count). The fourth-order valence-electron chi connectivity index (χ4n) is 3.26. The third-order valence-corrected chi connectivity index (χ3v) is 5.87. The molecular weight excluding hydrogens is 443 g/mol. The van der Waals surface area contributed by atoms with Crippen molar-refractivity contribution in [2.75, 3.05) is 5.32 Å². The molecule has 0 aliphatic heterocycles. The number of rotatable bonds is 6. The highest BCUT2D eigenvalue weighted by atomic mass is 79.9. The van der Waals surface area contributed by atoms with Crippen LogP contribution in [-0.2, 0) is 0 Å². The van der Waals surface area contributed by atoms with Gasteiger partial charge in [0.05, 0.1) is 21.5 Å². The summed E-state index contributed by atoms with van der Waals surface area (Å²) in [6.07, 6.45) is 2.73. The van der Waals surface area contributed by atoms with Crippen LogP contribution < -0.4 is 5.32 Å². The average Bonchev–Trinajstić information content (AvgIpc) is 3.12. The maximum absolute atomic E-state index is 13.5. The molecule has 0 saturated carbocycles. The van der Waals surface area contributed by atoms with E-state index in [1.807, 2.05) is 47.1 Å². The van der Waals surface area contributed by atoms with Crippen LogP contribution in [0.1, 0.15) is 31.9 Å². The highest BCUT2D eigenvalue weighted by Crippen LogP contribution is 2.37. The van der Waals surface area contributed by atoms with E-state index in [9.17, 15) is 4.39 Å². The molecule has 0 spiro atoms. The van der Waals surface area contributed by atoms with Crippen LogP contribution in [0.25, 0.3) is 16.9 Å². The van der Waals surface area contributed by atoms with Crippen LogP contribution in [0.15, 0.2) is 77.4 Å². The van der Waals surface area contributed by atoms with Crippen LogP contribution in [0.5, 0.6) is 0 Å². The molecule has 1 atom stereocenters. The smallest absolute Gasteiger partial charge is 0.132 e. The molecule has 0 bridgehead atoms. The number of halogens is 2. The van der Waals surface area contributed by atoms with Gasteiger partial charge in [0, 0.05) is 29.4 Å². The van der Waals surface area contributed by atoms with E-state index in [2.05, 4.69) is 40.1 Å². The van der Waals surface area contributed by atoms with E-state index < -0.39 is 0 Å². The van der Waals surface area contributed by atoms with Crippen molar-refractivity contribution in [2.45, 2.75) is 26.2 Å². The predicted octanol–water partition coefficient (Wildman–Crippen LogP) is 7.09. The van der Waals surface area contributed by atoms with E-state index in [0.29, 0.717) is 0 Å². The Morgan fingerprint density at radius 3 is 2.50 bits per heavy atom. The number of pyridine rings is 1. The predicted molar refractivity (Wildman–Crippen MR) is 123 cm³/mol. The number of benzene rings is 2. The van der Waals surface area contributed by atoms with Crippen molar-refractivity contribution in [3.05, 3.63) is 88.9 Å². The SMILES string of the molecule is CCC(C)c1nn(-c2ccnc(Nc3ccccc3)c2)c(-c2ccc(F)cc2)c1Br. The number of para-hydroxylation sites is 1. The summed E-state index contributed by atoms with van der Waals surface area (Å²) in [5, 5.41) is 8.24. The first kappa shape index (κ1) is 20.3. The quantitative estimate of drug-likeness (QED) is 0.331. The normalized spacial score (nSPS) is 12.0. The Morgan fingerprint density at radius 1 is 1.07 bits per heavy atom. The summed E-state index contributed by atoms with van der Waals surface area (Å²) < 4.78 is 16.4. The number of aromatic nitrogens is 3. The van der Waals surface area contributed by atoms with Crippen molar-refractivity contribution in [1.82, 2.24) is 14.8 Å². The third kappa shape index (κ3) is 4.14. The van der Waals surface area contributed by atoms with Gasteiger partial charge in [-0.05, 0) is 64.8 Å². The lowest BCUT2D eigenvalue weighted by Gasteiger charge is -2.11. The third-order valence-electron chi connectivity index (χ3n) is 5.08. The summed E-state index contributed by atoms with van der Waals surface area (Å²) >= 11 is 3.76. The zero-order chi connectivity index (χ0) is 21.1. The second-order valence-corrected chi connectivity index (χ2v) is 7.96. The van der Waals surface area contributed by atoms with Crippen molar-refractivity contribution in [1.29, 1.82) is 0 Å². The van der Waals surface area contributed by atoms with Gasteiger partial charge in [0.15, 0.2) is 0 Å². The minimum absolute atomic E-state index is 0.263. The van der Waals surface area contributed by atoms with Gasteiger partial charge in [-0.1, -0.05) is 32.0 Å². The molecule has 30 heavy (non-hydrogen) atoms. The number of anilines is 2. The number of hydrogen-bond acceptors (Lipinski definition) is 3. The largest absolute Gasteiger partial charge is 0.340 e. The summed E-state index contributed by atoms with van der Waals surface area (Å²) in [5.74, 6) is 0.741. The van der Waals surface area contributed by atoms with Gasteiger partial charge >= 0.3 is 0 Å². The molecule has 1 unspecified atom stereocenters. The monoisotopic (exact) mass is 464 g/mol. The molecular formula is C24H22BrFN4. The van der Waals surface area contributed by atoms with Crippen molar-refractivity contribution in [3.63, 3.8) is 0 Å². The molecule has 4 nitrogen and oxygen atoms in total. The highest BCUT2D eigenvalue weighted by molar-refractivity contribution is 9.10. The lowest BCUT2D eigenvalue weighted by atomic mass is 10.0. The molecule has 0 fully saturated rings. The molecule has 0 aliphatic carbocycles. The maximum Gasteiger partial charge on any atom is 0.132 e. The summed E-state index contributed by atoms with van der Waals surface area (Å²) in [5.41, 5.74) is 4.59. The fraction of sp³-hybridized carbons (Fsp3) is 0.167. The van der Waals surface area contributed by atoms with E-state index >= 15 is 0 Å². The topological polar surface area (TPSA) is 42.7 Å². The molecule has 6 heteroatoms.